The first-order chi connectivity index (χ1) is 11.2. The number of aromatic carboxylic acids is 1. The number of aromatic nitrogens is 4. The van der Waals surface area contributed by atoms with Crippen LogP contribution in [-0.2, 0) is 13.0 Å². The Morgan fingerprint density at radius 3 is 2.83 bits per heavy atom. The number of benzene rings is 1. The lowest BCUT2D eigenvalue weighted by Gasteiger charge is -1.99. The SMILES string of the molecule is O=C(O)c1ccc(-c2noc(CNCCc3cnc[nH]3)n2)cc1. The van der Waals surface area contributed by atoms with E-state index in [1.807, 2.05) is 0 Å². The van der Waals surface area contributed by atoms with Crippen molar-refractivity contribution in [3.8, 4) is 11.4 Å². The Hall–Kier alpha value is -3.00. The fraction of sp³-hybridized carbons (Fsp3) is 0.200. The highest BCUT2D eigenvalue weighted by Crippen LogP contribution is 2.16. The molecule has 0 spiro atoms. The maximum absolute atomic E-state index is 10.8. The van der Waals surface area contributed by atoms with Crippen LogP contribution in [0.2, 0.25) is 0 Å². The molecule has 0 saturated carbocycles. The van der Waals surface area contributed by atoms with Gasteiger partial charge in [-0.2, -0.15) is 4.98 Å². The van der Waals surface area contributed by atoms with Gasteiger partial charge in [-0.05, 0) is 12.1 Å². The molecule has 8 nitrogen and oxygen atoms in total. The minimum atomic E-state index is -0.966. The molecule has 0 unspecified atom stereocenters. The van der Waals surface area contributed by atoms with Gasteiger partial charge < -0.3 is 19.9 Å². The van der Waals surface area contributed by atoms with Gasteiger partial charge in [0.25, 0.3) is 0 Å². The molecule has 2 aromatic heterocycles. The summed E-state index contributed by atoms with van der Waals surface area (Å²) in [6.45, 7) is 1.22. The molecule has 8 heteroatoms. The Kier molecular flexibility index (Phi) is 4.44. The van der Waals surface area contributed by atoms with Crippen molar-refractivity contribution in [2.75, 3.05) is 6.54 Å². The first-order valence-electron chi connectivity index (χ1n) is 7.06. The number of carbonyl (C=O) groups is 1. The topological polar surface area (TPSA) is 117 Å². The first-order valence-corrected chi connectivity index (χ1v) is 7.06. The Bertz CT molecular complexity index is 765. The van der Waals surface area contributed by atoms with Crippen LogP contribution in [0.15, 0.2) is 41.3 Å². The van der Waals surface area contributed by atoms with Crippen LogP contribution in [0.25, 0.3) is 11.4 Å². The van der Waals surface area contributed by atoms with Crippen molar-refractivity contribution in [3.05, 3.63) is 53.9 Å². The summed E-state index contributed by atoms with van der Waals surface area (Å²) >= 11 is 0. The summed E-state index contributed by atoms with van der Waals surface area (Å²) in [4.78, 5) is 22.1. The van der Waals surface area contributed by atoms with Crippen LogP contribution in [0.5, 0.6) is 0 Å². The summed E-state index contributed by atoms with van der Waals surface area (Å²) in [6.07, 6.45) is 4.26. The third kappa shape index (κ3) is 3.80. The second-order valence-electron chi connectivity index (χ2n) is 4.90. The third-order valence-corrected chi connectivity index (χ3v) is 3.26. The molecule has 0 saturated heterocycles. The quantitative estimate of drug-likeness (QED) is 0.566. The van der Waals surface area contributed by atoms with Gasteiger partial charge in [-0.1, -0.05) is 17.3 Å². The van der Waals surface area contributed by atoms with Gasteiger partial charge in [0.05, 0.1) is 18.4 Å². The summed E-state index contributed by atoms with van der Waals surface area (Å²) in [5, 5.41) is 16.0. The highest BCUT2D eigenvalue weighted by atomic mass is 16.5. The van der Waals surface area contributed by atoms with Crippen molar-refractivity contribution in [2.24, 2.45) is 0 Å². The minimum Gasteiger partial charge on any atom is -0.478 e. The Labute approximate surface area is 131 Å². The summed E-state index contributed by atoms with van der Waals surface area (Å²) in [5.74, 6) is -0.0500. The number of hydrogen-bond donors (Lipinski definition) is 3. The van der Waals surface area contributed by atoms with Crippen LogP contribution in [0, 0.1) is 0 Å². The van der Waals surface area contributed by atoms with Gasteiger partial charge in [0, 0.05) is 30.4 Å². The molecule has 3 aromatic rings. The molecule has 0 aliphatic heterocycles. The van der Waals surface area contributed by atoms with Gasteiger partial charge in [-0.3, -0.25) is 0 Å². The summed E-state index contributed by atoms with van der Waals surface area (Å²) in [7, 11) is 0. The number of aromatic amines is 1. The summed E-state index contributed by atoms with van der Waals surface area (Å²) in [6, 6.07) is 6.33. The zero-order valence-electron chi connectivity index (χ0n) is 12.2. The van der Waals surface area contributed by atoms with E-state index in [9.17, 15) is 4.79 Å². The van der Waals surface area contributed by atoms with Crippen LogP contribution >= 0.6 is 0 Å². The number of carboxylic acids is 1. The second kappa shape index (κ2) is 6.84. The average molecular weight is 313 g/mol. The van der Waals surface area contributed by atoms with Crippen LogP contribution < -0.4 is 5.32 Å². The van der Waals surface area contributed by atoms with E-state index in [1.165, 1.54) is 12.1 Å². The predicted octanol–water partition coefficient (Wildman–Crippen LogP) is 1.49. The fourth-order valence-corrected chi connectivity index (χ4v) is 2.05. The number of hydrogen-bond acceptors (Lipinski definition) is 6. The molecule has 0 amide bonds. The number of imidazole rings is 1. The average Bonchev–Trinajstić information content (AvgIpc) is 3.23. The smallest absolute Gasteiger partial charge is 0.335 e. The van der Waals surface area contributed by atoms with Gasteiger partial charge in [-0.25, -0.2) is 9.78 Å². The van der Waals surface area contributed by atoms with E-state index < -0.39 is 5.97 Å². The normalized spacial score (nSPS) is 10.8. The van der Waals surface area contributed by atoms with Gasteiger partial charge in [-0.15, -0.1) is 0 Å². The number of carboxylic acid groups (broad SMARTS) is 1. The largest absolute Gasteiger partial charge is 0.478 e. The maximum Gasteiger partial charge on any atom is 0.335 e. The van der Waals surface area contributed by atoms with E-state index in [2.05, 4.69) is 25.4 Å². The monoisotopic (exact) mass is 313 g/mol. The van der Waals surface area contributed by atoms with Crippen LogP contribution in [0.1, 0.15) is 21.9 Å². The molecule has 0 bridgehead atoms. The molecule has 0 aliphatic carbocycles. The highest BCUT2D eigenvalue weighted by Gasteiger charge is 2.09. The molecule has 118 valence electrons. The standard InChI is InChI=1S/C15H15N5O3/c21-15(22)11-3-1-10(2-4-11)14-19-13(23-20-14)8-16-6-5-12-7-17-9-18-12/h1-4,7,9,16H,5-6,8H2,(H,17,18)(H,21,22). The predicted molar refractivity (Wildman–Crippen MR) is 80.7 cm³/mol. The minimum absolute atomic E-state index is 0.220. The van der Waals surface area contributed by atoms with E-state index in [4.69, 9.17) is 9.63 Å². The van der Waals surface area contributed by atoms with Crippen LogP contribution in [-0.4, -0.2) is 37.7 Å². The molecule has 2 heterocycles. The zero-order chi connectivity index (χ0) is 16.1. The molecule has 1 aromatic carbocycles. The number of nitrogens with one attached hydrogen (secondary N) is 2. The Morgan fingerprint density at radius 2 is 2.13 bits per heavy atom. The summed E-state index contributed by atoms with van der Waals surface area (Å²) < 4.78 is 5.17. The highest BCUT2D eigenvalue weighted by molar-refractivity contribution is 5.88. The lowest BCUT2D eigenvalue weighted by Crippen LogP contribution is -2.17. The van der Waals surface area contributed by atoms with Gasteiger partial charge in [0.2, 0.25) is 11.7 Å². The fourth-order valence-electron chi connectivity index (χ4n) is 2.05. The number of rotatable bonds is 7. The lowest BCUT2D eigenvalue weighted by molar-refractivity contribution is 0.0697. The molecule has 3 N–H and O–H groups in total. The first kappa shape index (κ1) is 14.9. The molecule has 0 radical (unpaired) electrons. The van der Waals surface area contributed by atoms with Crippen molar-refractivity contribution < 1.29 is 14.4 Å². The van der Waals surface area contributed by atoms with E-state index in [1.54, 1.807) is 24.7 Å². The molecule has 0 fully saturated rings. The van der Waals surface area contributed by atoms with Gasteiger partial charge in [0.15, 0.2) is 0 Å². The van der Waals surface area contributed by atoms with Crippen molar-refractivity contribution in [1.82, 2.24) is 25.4 Å². The molecule has 0 aliphatic rings. The van der Waals surface area contributed by atoms with E-state index >= 15 is 0 Å². The van der Waals surface area contributed by atoms with Crippen LogP contribution in [0.3, 0.4) is 0 Å². The summed E-state index contributed by atoms with van der Waals surface area (Å²) in [5.41, 5.74) is 1.99. The molecule has 23 heavy (non-hydrogen) atoms. The van der Waals surface area contributed by atoms with E-state index in [-0.39, 0.29) is 5.56 Å². The van der Waals surface area contributed by atoms with Crippen molar-refractivity contribution in [2.45, 2.75) is 13.0 Å². The Morgan fingerprint density at radius 1 is 1.30 bits per heavy atom. The third-order valence-electron chi connectivity index (χ3n) is 3.26. The van der Waals surface area contributed by atoms with Crippen molar-refractivity contribution in [1.29, 1.82) is 0 Å². The maximum atomic E-state index is 10.8. The van der Waals surface area contributed by atoms with E-state index in [0.29, 0.717) is 23.8 Å². The Balaban J connectivity index is 1.54. The van der Waals surface area contributed by atoms with E-state index in [0.717, 1.165) is 18.7 Å². The van der Waals surface area contributed by atoms with Gasteiger partial charge in [0.1, 0.15) is 0 Å². The van der Waals surface area contributed by atoms with Crippen molar-refractivity contribution in [3.63, 3.8) is 0 Å². The molecule has 0 atom stereocenters. The number of nitrogens with zero attached hydrogens (tertiary/aromatic N) is 3. The zero-order valence-corrected chi connectivity index (χ0v) is 12.2. The van der Waals surface area contributed by atoms with Crippen LogP contribution in [0.4, 0.5) is 0 Å². The molecular weight excluding hydrogens is 298 g/mol. The molecule has 3 rings (SSSR count). The number of H-pyrrole nitrogens is 1. The van der Waals surface area contributed by atoms with Gasteiger partial charge >= 0.3 is 5.97 Å². The van der Waals surface area contributed by atoms with Crippen molar-refractivity contribution >= 4 is 5.97 Å². The lowest BCUT2D eigenvalue weighted by atomic mass is 10.1. The molecular formula is C15H15N5O3. The second-order valence-corrected chi connectivity index (χ2v) is 4.90.